The fourth-order valence-electron chi connectivity index (χ4n) is 1.64. The molecule has 1 heterocycles. The number of aliphatic hydroxyl groups is 2. The van der Waals surface area contributed by atoms with Crippen LogP contribution in [-0.2, 0) is 4.74 Å². The molecule has 6 nitrogen and oxygen atoms in total. The number of hydrogen-bond acceptors (Lipinski definition) is 6. The highest BCUT2D eigenvalue weighted by Gasteiger charge is 2.21. The summed E-state index contributed by atoms with van der Waals surface area (Å²) in [5, 5.41) is 21.0. The molecule has 19 heavy (non-hydrogen) atoms. The predicted molar refractivity (Wildman–Crippen MR) is 69.8 cm³/mol. The van der Waals surface area contributed by atoms with Crippen LogP contribution in [0.4, 0.5) is 5.69 Å². The SMILES string of the molecule is COc1cc(NCC(O)CO)ccc1OC1COC1. The van der Waals surface area contributed by atoms with Crippen molar-refractivity contribution >= 4 is 5.69 Å². The molecule has 0 radical (unpaired) electrons. The molecule has 0 amide bonds. The maximum atomic E-state index is 9.28. The van der Waals surface area contributed by atoms with E-state index in [4.69, 9.17) is 19.3 Å². The van der Waals surface area contributed by atoms with E-state index in [1.165, 1.54) is 0 Å². The van der Waals surface area contributed by atoms with E-state index >= 15 is 0 Å². The third-order valence-electron chi connectivity index (χ3n) is 2.82. The second-order valence-electron chi connectivity index (χ2n) is 4.36. The van der Waals surface area contributed by atoms with E-state index in [0.29, 0.717) is 24.7 Å². The molecule has 0 saturated carbocycles. The molecule has 0 aromatic heterocycles. The van der Waals surface area contributed by atoms with Crippen LogP contribution in [0.1, 0.15) is 0 Å². The number of aliphatic hydroxyl groups excluding tert-OH is 2. The third-order valence-corrected chi connectivity index (χ3v) is 2.82. The third kappa shape index (κ3) is 3.73. The van der Waals surface area contributed by atoms with Gasteiger partial charge in [-0.3, -0.25) is 0 Å². The fourth-order valence-corrected chi connectivity index (χ4v) is 1.64. The monoisotopic (exact) mass is 269 g/mol. The Morgan fingerprint density at radius 3 is 2.79 bits per heavy atom. The largest absolute Gasteiger partial charge is 0.493 e. The van der Waals surface area contributed by atoms with E-state index in [0.717, 1.165) is 5.69 Å². The first-order valence-corrected chi connectivity index (χ1v) is 6.18. The van der Waals surface area contributed by atoms with Crippen LogP contribution in [0.15, 0.2) is 18.2 Å². The summed E-state index contributed by atoms with van der Waals surface area (Å²) in [6.45, 7) is 1.21. The molecule has 3 N–H and O–H groups in total. The van der Waals surface area contributed by atoms with Gasteiger partial charge in [0.05, 0.1) is 33.0 Å². The Hall–Kier alpha value is -1.50. The number of hydrogen-bond donors (Lipinski definition) is 3. The van der Waals surface area contributed by atoms with E-state index < -0.39 is 6.10 Å². The zero-order valence-electron chi connectivity index (χ0n) is 10.8. The summed E-state index contributed by atoms with van der Waals surface area (Å²) in [6.07, 6.45) is -0.696. The van der Waals surface area contributed by atoms with Gasteiger partial charge >= 0.3 is 0 Å². The van der Waals surface area contributed by atoms with E-state index in [9.17, 15) is 5.11 Å². The molecule has 0 bridgehead atoms. The van der Waals surface area contributed by atoms with Crippen molar-refractivity contribution in [2.75, 3.05) is 38.8 Å². The van der Waals surface area contributed by atoms with Crippen molar-refractivity contribution in [3.8, 4) is 11.5 Å². The molecule has 2 rings (SSSR count). The molecule has 1 aliphatic heterocycles. The molecule has 1 aromatic rings. The van der Waals surface area contributed by atoms with Crippen LogP contribution in [-0.4, -0.2) is 55.9 Å². The summed E-state index contributed by atoms with van der Waals surface area (Å²) in [4.78, 5) is 0. The molecule has 0 aliphatic carbocycles. The lowest BCUT2D eigenvalue weighted by atomic mass is 10.2. The smallest absolute Gasteiger partial charge is 0.162 e. The average Bonchev–Trinajstić information content (AvgIpc) is 2.40. The average molecular weight is 269 g/mol. The highest BCUT2D eigenvalue weighted by Crippen LogP contribution is 2.31. The summed E-state index contributed by atoms with van der Waals surface area (Å²) in [5.41, 5.74) is 0.793. The molecular formula is C13H19NO5. The van der Waals surface area contributed by atoms with Gasteiger partial charge in [-0.25, -0.2) is 0 Å². The van der Waals surface area contributed by atoms with Gasteiger partial charge in [-0.05, 0) is 12.1 Å². The van der Waals surface area contributed by atoms with Crippen molar-refractivity contribution < 1.29 is 24.4 Å². The van der Waals surface area contributed by atoms with Gasteiger partial charge in [0.2, 0.25) is 0 Å². The maximum Gasteiger partial charge on any atom is 0.162 e. The standard InChI is InChI=1S/C13H19NO5/c1-17-13-4-9(14-5-10(16)6-15)2-3-12(13)19-11-7-18-8-11/h2-4,10-11,14-16H,5-8H2,1H3. The van der Waals surface area contributed by atoms with Crippen LogP contribution < -0.4 is 14.8 Å². The van der Waals surface area contributed by atoms with Crippen LogP contribution in [0.25, 0.3) is 0 Å². The Balaban J connectivity index is 1.98. The van der Waals surface area contributed by atoms with Crippen LogP contribution in [0, 0.1) is 0 Å². The Kier molecular flexibility index (Phi) is 4.84. The lowest BCUT2D eigenvalue weighted by Crippen LogP contribution is -2.38. The molecular weight excluding hydrogens is 250 g/mol. The molecule has 1 unspecified atom stereocenters. The van der Waals surface area contributed by atoms with E-state index in [1.54, 1.807) is 13.2 Å². The Morgan fingerprint density at radius 1 is 1.42 bits per heavy atom. The zero-order chi connectivity index (χ0) is 13.7. The Morgan fingerprint density at radius 2 is 2.21 bits per heavy atom. The zero-order valence-corrected chi connectivity index (χ0v) is 10.8. The van der Waals surface area contributed by atoms with Gasteiger partial charge in [-0.1, -0.05) is 0 Å². The molecule has 1 aromatic carbocycles. The first-order valence-electron chi connectivity index (χ1n) is 6.18. The highest BCUT2D eigenvalue weighted by atomic mass is 16.6. The summed E-state index contributed by atoms with van der Waals surface area (Å²) in [7, 11) is 1.58. The minimum atomic E-state index is -0.783. The number of ether oxygens (including phenoxy) is 3. The van der Waals surface area contributed by atoms with Crippen molar-refractivity contribution in [1.29, 1.82) is 0 Å². The van der Waals surface area contributed by atoms with Crippen molar-refractivity contribution in [2.45, 2.75) is 12.2 Å². The number of nitrogens with one attached hydrogen (secondary N) is 1. The number of anilines is 1. The first-order chi connectivity index (χ1) is 9.22. The molecule has 1 fully saturated rings. The minimum Gasteiger partial charge on any atom is -0.493 e. The minimum absolute atomic E-state index is 0.0870. The number of methoxy groups -OCH3 is 1. The second-order valence-corrected chi connectivity index (χ2v) is 4.36. The van der Waals surface area contributed by atoms with Crippen LogP contribution >= 0.6 is 0 Å². The van der Waals surface area contributed by atoms with Crippen LogP contribution in [0.2, 0.25) is 0 Å². The van der Waals surface area contributed by atoms with Gasteiger partial charge in [0.15, 0.2) is 11.5 Å². The van der Waals surface area contributed by atoms with Gasteiger partial charge in [0.1, 0.15) is 6.10 Å². The lowest BCUT2D eigenvalue weighted by Gasteiger charge is -2.27. The van der Waals surface area contributed by atoms with Crippen LogP contribution in [0.5, 0.6) is 11.5 Å². The predicted octanol–water partition coefficient (Wildman–Crippen LogP) is 0.238. The molecule has 106 valence electrons. The topological polar surface area (TPSA) is 80.2 Å². The quantitative estimate of drug-likeness (QED) is 0.658. The Bertz CT molecular complexity index is 408. The molecule has 1 saturated heterocycles. The van der Waals surface area contributed by atoms with E-state index in [-0.39, 0.29) is 19.3 Å². The van der Waals surface area contributed by atoms with Gasteiger partial charge < -0.3 is 29.7 Å². The molecule has 6 heteroatoms. The normalized spacial score (nSPS) is 16.6. The lowest BCUT2D eigenvalue weighted by molar-refractivity contribution is -0.0803. The van der Waals surface area contributed by atoms with Gasteiger partial charge in [-0.2, -0.15) is 0 Å². The summed E-state index contributed by atoms with van der Waals surface area (Å²) in [6, 6.07) is 5.44. The summed E-state index contributed by atoms with van der Waals surface area (Å²) >= 11 is 0. The highest BCUT2D eigenvalue weighted by molar-refractivity contribution is 5.54. The van der Waals surface area contributed by atoms with Gasteiger partial charge in [0, 0.05) is 18.3 Å². The fraction of sp³-hybridized carbons (Fsp3) is 0.538. The molecule has 0 spiro atoms. The van der Waals surface area contributed by atoms with E-state index in [1.807, 2.05) is 12.1 Å². The summed E-state index contributed by atoms with van der Waals surface area (Å²) < 4.78 is 16.0. The van der Waals surface area contributed by atoms with Crippen LogP contribution in [0.3, 0.4) is 0 Å². The summed E-state index contributed by atoms with van der Waals surface area (Å²) in [5.74, 6) is 1.29. The maximum absolute atomic E-state index is 9.28. The number of rotatable bonds is 7. The van der Waals surface area contributed by atoms with E-state index in [2.05, 4.69) is 5.32 Å². The second kappa shape index (κ2) is 6.60. The number of benzene rings is 1. The first kappa shape index (κ1) is 13.9. The van der Waals surface area contributed by atoms with Crippen molar-refractivity contribution in [3.63, 3.8) is 0 Å². The van der Waals surface area contributed by atoms with Gasteiger partial charge in [-0.15, -0.1) is 0 Å². The Labute approximate surface area is 111 Å². The molecule has 1 aliphatic rings. The van der Waals surface area contributed by atoms with Crippen molar-refractivity contribution in [3.05, 3.63) is 18.2 Å². The van der Waals surface area contributed by atoms with Crippen molar-refractivity contribution in [2.24, 2.45) is 0 Å². The molecule has 1 atom stereocenters. The van der Waals surface area contributed by atoms with Crippen molar-refractivity contribution in [1.82, 2.24) is 0 Å². The van der Waals surface area contributed by atoms with Gasteiger partial charge in [0.25, 0.3) is 0 Å².